The van der Waals surface area contributed by atoms with Crippen molar-refractivity contribution in [3.05, 3.63) is 27.1 Å². The second-order valence-electron chi connectivity index (χ2n) is 5.38. The molecule has 0 aromatic heterocycles. The van der Waals surface area contributed by atoms with E-state index in [-0.39, 0.29) is 0 Å². The SMILES string of the molecule is C[C@@H]1CCCCN1C[C@H](O)COc1ccc(Br)cc1Br. The highest BCUT2D eigenvalue weighted by atomic mass is 79.9. The molecule has 1 fully saturated rings. The van der Waals surface area contributed by atoms with Crippen LogP contribution in [0.4, 0.5) is 0 Å². The number of ether oxygens (including phenoxy) is 1. The number of rotatable bonds is 5. The third-order valence-corrected chi connectivity index (χ3v) is 4.82. The fourth-order valence-corrected chi connectivity index (χ4v) is 3.69. The highest BCUT2D eigenvalue weighted by Gasteiger charge is 2.21. The van der Waals surface area contributed by atoms with Gasteiger partial charge in [0.25, 0.3) is 0 Å². The number of piperidine rings is 1. The van der Waals surface area contributed by atoms with Crippen LogP contribution in [-0.2, 0) is 0 Å². The largest absolute Gasteiger partial charge is 0.490 e. The quantitative estimate of drug-likeness (QED) is 0.806. The van der Waals surface area contributed by atoms with Crippen molar-refractivity contribution in [2.24, 2.45) is 0 Å². The van der Waals surface area contributed by atoms with Crippen LogP contribution in [0.2, 0.25) is 0 Å². The first-order valence-electron chi connectivity index (χ1n) is 7.06. The van der Waals surface area contributed by atoms with E-state index in [1.807, 2.05) is 18.2 Å². The molecule has 112 valence electrons. The van der Waals surface area contributed by atoms with Crippen molar-refractivity contribution in [1.29, 1.82) is 0 Å². The number of likely N-dealkylation sites (tertiary alicyclic amines) is 1. The predicted molar refractivity (Wildman–Crippen MR) is 88.2 cm³/mol. The minimum absolute atomic E-state index is 0.323. The van der Waals surface area contributed by atoms with Crippen molar-refractivity contribution in [3.63, 3.8) is 0 Å². The molecule has 1 aliphatic heterocycles. The maximum atomic E-state index is 10.1. The molecule has 1 aromatic rings. The van der Waals surface area contributed by atoms with Crippen molar-refractivity contribution in [3.8, 4) is 5.75 Å². The summed E-state index contributed by atoms with van der Waals surface area (Å²) in [5.74, 6) is 0.763. The number of β-amino-alcohol motifs (C(OH)–C–C–N with tert-alkyl or cyclic N) is 1. The van der Waals surface area contributed by atoms with E-state index in [0.717, 1.165) is 21.2 Å². The van der Waals surface area contributed by atoms with Gasteiger partial charge in [-0.25, -0.2) is 0 Å². The van der Waals surface area contributed by atoms with Crippen LogP contribution in [0.25, 0.3) is 0 Å². The van der Waals surface area contributed by atoms with Gasteiger partial charge >= 0.3 is 0 Å². The molecule has 1 aromatic carbocycles. The summed E-state index contributed by atoms with van der Waals surface area (Å²) < 4.78 is 7.58. The Morgan fingerprint density at radius 2 is 2.20 bits per heavy atom. The number of halogens is 2. The molecule has 0 aliphatic carbocycles. The molecule has 5 heteroatoms. The first-order valence-corrected chi connectivity index (χ1v) is 8.65. The normalized spacial score (nSPS) is 21.7. The van der Waals surface area contributed by atoms with Crippen LogP contribution >= 0.6 is 31.9 Å². The number of nitrogens with zero attached hydrogens (tertiary/aromatic N) is 1. The lowest BCUT2D eigenvalue weighted by Crippen LogP contribution is -2.43. The second kappa shape index (κ2) is 7.78. The van der Waals surface area contributed by atoms with Gasteiger partial charge in [0.15, 0.2) is 0 Å². The zero-order valence-corrected chi connectivity index (χ0v) is 14.9. The van der Waals surface area contributed by atoms with Gasteiger partial charge in [0.1, 0.15) is 18.5 Å². The molecule has 0 saturated carbocycles. The highest BCUT2D eigenvalue weighted by Crippen LogP contribution is 2.28. The van der Waals surface area contributed by atoms with Crippen LogP contribution < -0.4 is 4.74 Å². The van der Waals surface area contributed by atoms with Crippen molar-refractivity contribution in [2.75, 3.05) is 19.7 Å². The van der Waals surface area contributed by atoms with E-state index in [2.05, 4.69) is 43.7 Å². The zero-order chi connectivity index (χ0) is 14.5. The molecule has 0 radical (unpaired) electrons. The van der Waals surface area contributed by atoms with Crippen molar-refractivity contribution < 1.29 is 9.84 Å². The second-order valence-corrected chi connectivity index (χ2v) is 7.15. The molecule has 1 N–H and O–H groups in total. The molecule has 3 nitrogen and oxygen atoms in total. The smallest absolute Gasteiger partial charge is 0.133 e. The van der Waals surface area contributed by atoms with Crippen LogP contribution in [0.5, 0.6) is 5.75 Å². The third-order valence-electron chi connectivity index (χ3n) is 3.71. The summed E-state index contributed by atoms with van der Waals surface area (Å²) in [7, 11) is 0. The molecule has 0 amide bonds. The van der Waals surface area contributed by atoms with Gasteiger partial charge in [0.05, 0.1) is 4.47 Å². The van der Waals surface area contributed by atoms with E-state index in [0.29, 0.717) is 19.2 Å². The maximum Gasteiger partial charge on any atom is 0.133 e. The Morgan fingerprint density at radius 1 is 1.40 bits per heavy atom. The molecular formula is C15H21Br2NO2. The van der Waals surface area contributed by atoms with E-state index >= 15 is 0 Å². The van der Waals surface area contributed by atoms with Gasteiger partial charge in [-0.2, -0.15) is 0 Å². The molecule has 0 spiro atoms. The summed E-state index contributed by atoms with van der Waals surface area (Å²) in [6, 6.07) is 6.33. The van der Waals surface area contributed by atoms with Crippen molar-refractivity contribution >= 4 is 31.9 Å². The first kappa shape index (κ1) is 16.3. The summed E-state index contributed by atoms with van der Waals surface area (Å²) in [6.07, 6.45) is 3.31. The molecule has 0 bridgehead atoms. The molecule has 1 heterocycles. The van der Waals surface area contributed by atoms with Gasteiger partial charge < -0.3 is 9.84 Å². The van der Waals surface area contributed by atoms with Crippen LogP contribution in [0.1, 0.15) is 26.2 Å². The number of hydrogen-bond donors (Lipinski definition) is 1. The fraction of sp³-hybridized carbons (Fsp3) is 0.600. The molecule has 2 rings (SSSR count). The average Bonchev–Trinajstić information content (AvgIpc) is 2.40. The van der Waals surface area contributed by atoms with Crippen LogP contribution in [-0.4, -0.2) is 41.8 Å². The standard InChI is InChI=1S/C15H21Br2NO2/c1-11-4-2-3-7-18(11)9-13(19)10-20-15-6-5-12(16)8-14(15)17/h5-6,8,11,13,19H,2-4,7,9-10H2,1H3/t11-,13+/m1/s1. The Kier molecular flexibility index (Phi) is 6.33. The van der Waals surface area contributed by atoms with E-state index < -0.39 is 6.10 Å². The molecule has 1 saturated heterocycles. The Morgan fingerprint density at radius 3 is 2.90 bits per heavy atom. The lowest BCUT2D eigenvalue weighted by Gasteiger charge is -2.34. The summed E-state index contributed by atoms with van der Waals surface area (Å²) in [5.41, 5.74) is 0. The van der Waals surface area contributed by atoms with E-state index in [9.17, 15) is 5.11 Å². The Balaban J connectivity index is 1.81. The minimum atomic E-state index is -0.453. The Labute approximate surface area is 137 Å². The first-order chi connectivity index (χ1) is 9.56. The molecule has 0 unspecified atom stereocenters. The number of aliphatic hydroxyl groups excluding tert-OH is 1. The van der Waals surface area contributed by atoms with E-state index in [1.165, 1.54) is 19.3 Å². The van der Waals surface area contributed by atoms with Crippen LogP contribution in [0.3, 0.4) is 0 Å². The Hall–Kier alpha value is -0.100. The molecule has 20 heavy (non-hydrogen) atoms. The highest BCUT2D eigenvalue weighted by molar-refractivity contribution is 9.11. The van der Waals surface area contributed by atoms with Gasteiger partial charge in [0.2, 0.25) is 0 Å². The monoisotopic (exact) mass is 405 g/mol. The van der Waals surface area contributed by atoms with Gasteiger partial charge in [0, 0.05) is 17.1 Å². The summed E-state index contributed by atoms with van der Waals surface area (Å²) in [4.78, 5) is 2.36. The summed E-state index contributed by atoms with van der Waals surface area (Å²) in [6.45, 7) is 4.33. The maximum absolute atomic E-state index is 10.1. The van der Waals surface area contributed by atoms with Gasteiger partial charge in [-0.05, 0) is 60.4 Å². The zero-order valence-electron chi connectivity index (χ0n) is 11.7. The average molecular weight is 407 g/mol. The number of aliphatic hydroxyl groups is 1. The molecular weight excluding hydrogens is 386 g/mol. The summed E-state index contributed by atoms with van der Waals surface area (Å²) >= 11 is 6.87. The third kappa shape index (κ3) is 4.72. The van der Waals surface area contributed by atoms with Crippen LogP contribution in [0, 0.1) is 0 Å². The topological polar surface area (TPSA) is 32.7 Å². The van der Waals surface area contributed by atoms with Gasteiger partial charge in [-0.3, -0.25) is 4.90 Å². The van der Waals surface area contributed by atoms with Crippen molar-refractivity contribution in [1.82, 2.24) is 4.90 Å². The van der Waals surface area contributed by atoms with Gasteiger partial charge in [-0.1, -0.05) is 22.4 Å². The minimum Gasteiger partial charge on any atom is -0.490 e. The van der Waals surface area contributed by atoms with E-state index in [1.54, 1.807) is 0 Å². The number of hydrogen-bond acceptors (Lipinski definition) is 3. The van der Waals surface area contributed by atoms with Crippen molar-refractivity contribution in [2.45, 2.75) is 38.3 Å². The lowest BCUT2D eigenvalue weighted by atomic mass is 10.0. The molecule has 2 atom stereocenters. The molecule has 1 aliphatic rings. The fourth-order valence-electron chi connectivity index (χ4n) is 2.53. The summed E-state index contributed by atoms with van der Waals surface area (Å²) in [5, 5.41) is 10.1. The Bertz CT molecular complexity index is 442. The van der Waals surface area contributed by atoms with Crippen LogP contribution in [0.15, 0.2) is 27.1 Å². The lowest BCUT2D eigenvalue weighted by molar-refractivity contribution is 0.0436. The number of benzene rings is 1. The van der Waals surface area contributed by atoms with Gasteiger partial charge in [-0.15, -0.1) is 0 Å². The van der Waals surface area contributed by atoms with E-state index in [4.69, 9.17) is 4.74 Å². The predicted octanol–water partition coefficient (Wildman–Crippen LogP) is 3.83.